The Morgan fingerprint density at radius 2 is 2.29 bits per heavy atom. The van der Waals surface area contributed by atoms with Gasteiger partial charge in [0.1, 0.15) is 5.82 Å². The lowest BCUT2D eigenvalue weighted by Gasteiger charge is -2.14. The Labute approximate surface area is 101 Å². The molecule has 3 rings (SSSR count). The number of nitrogens with two attached hydrogens (primary N) is 1. The molecule has 0 amide bonds. The van der Waals surface area contributed by atoms with Gasteiger partial charge in [-0.1, -0.05) is 12.5 Å². The van der Waals surface area contributed by atoms with E-state index in [0.29, 0.717) is 11.8 Å². The van der Waals surface area contributed by atoms with E-state index in [1.54, 1.807) is 0 Å². The highest BCUT2D eigenvalue weighted by atomic mass is 14.9. The quantitative estimate of drug-likeness (QED) is 0.832. The summed E-state index contributed by atoms with van der Waals surface area (Å²) in [6.45, 7) is 2.89. The van der Waals surface area contributed by atoms with E-state index in [0.717, 1.165) is 23.4 Å². The van der Waals surface area contributed by atoms with Crippen LogP contribution in [-0.4, -0.2) is 16.5 Å². The first-order valence-corrected chi connectivity index (χ1v) is 6.44. The summed E-state index contributed by atoms with van der Waals surface area (Å²) in [4.78, 5) is 8.20. The topological polar surface area (TPSA) is 54.7 Å². The first kappa shape index (κ1) is 10.8. The summed E-state index contributed by atoms with van der Waals surface area (Å²) in [5.41, 5.74) is 9.34. The van der Waals surface area contributed by atoms with Gasteiger partial charge < -0.3 is 10.7 Å². The van der Waals surface area contributed by atoms with Crippen LogP contribution in [0.25, 0.3) is 11.0 Å². The van der Waals surface area contributed by atoms with E-state index in [1.165, 1.54) is 24.8 Å². The van der Waals surface area contributed by atoms with Gasteiger partial charge >= 0.3 is 0 Å². The molecule has 0 saturated heterocycles. The maximum atomic E-state index is 5.84. The zero-order chi connectivity index (χ0) is 11.8. The number of hydrogen-bond donors (Lipinski definition) is 2. The first-order valence-electron chi connectivity index (χ1n) is 6.44. The minimum absolute atomic E-state index is 0.535. The Bertz CT molecular complexity index is 529. The molecule has 1 aromatic heterocycles. The number of nitrogens with zero attached hydrogens (tertiary/aromatic N) is 1. The van der Waals surface area contributed by atoms with Gasteiger partial charge in [0.15, 0.2) is 0 Å². The second kappa shape index (κ2) is 4.15. The molecule has 0 radical (unpaired) electrons. The van der Waals surface area contributed by atoms with Crippen LogP contribution in [0.1, 0.15) is 36.6 Å². The fourth-order valence-corrected chi connectivity index (χ4v) is 3.00. The molecule has 3 N–H and O–H groups in total. The molecule has 1 saturated carbocycles. The van der Waals surface area contributed by atoms with Crippen LogP contribution in [0.5, 0.6) is 0 Å². The van der Waals surface area contributed by atoms with Crippen molar-refractivity contribution < 1.29 is 0 Å². The molecule has 1 heterocycles. The molecule has 3 nitrogen and oxygen atoms in total. The molecule has 1 aliphatic carbocycles. The minimum Gasteiger partial charge on any atom is -0.342 e. The zero-order valence-corrected chi connectivity index (χ0v) is 10.2. The minimum atomic E-state index is 0.535. The third-order valence-corrected chi connectivity index (χ3v) is 3.97. The Balaban J connectivity index is 2.00. The molecule has 2 atom stereocenters. The number of benzene rings is 1. The molecule has 3 heteroatoms. The van der Waals surface area contributed by atoms with Crippen molar-refractivity contribution in [3.8, 4) is 0 Å². The van der Waals surface area contributed by atoms with Crippen LogP contribution in [0.2, 0.25) is 0 Å². The lowest BCUT2D eigenvalue weighted by atomic mass is 9.96. The van der Waals surface area contributed by atoms with E-state index < -0.39 is 0 Å². The lowest BCUT2D eigenvalue weighted by molar-refractivity contribution is 0.481. The van der Waals surface area contributed by atoms with Gasteiger partial charge in [-0.25, -0.2) is 4.98 Å². The molecule has 17 heavy (non-hydrogen) atoms. The number of aryl methyl sites for hydroxylation is 1. The summed E-state index contributed by atoms with van der Waals surface area (Å²) in [6.07, 6.45) is 3.75. The van der Waals surface area contributed by atoms with Crippen LogP contribution in [0.15, 0.2) is 18.2 Å². The maximum Gasteiger partial charge on any atom is 0.110 e. The fourth-order valence-electron chi connectivity index (χ4n) is 3.00. The average Bonchev–Trinajstić information content (AvgIpc) is 2.93. The molecule has 0 aliphatic heterocycles. The van der Waals surface area contributed by atoms with E-state index in [4.69, 9.17) is 10.7 Å². The van der Waals surface area contributed by atoms with Crippen molar-refractivity contribution in [3.05, 3.63) is 29.6 Å². The fraction of sp³-hybridized carbons (Fsp3) is 0.500. The molecule has 2 aromatic rings. The number of fused-ring (bicyclic) bond motifs is 1. The highest BCUT2D eigenvalue weighted by Crippen LogP contribution is 2.38. The Morgan fingerprint density at radius 1 is 1.41 bits per heavy atom. The largest absolute Gasteiger partial charge is 0.342 e. The monoisotopic (exact) mass is 229 g/mol. The highest BCUT2D eigenvalue weighted by molar-refractivity contribution is 5.75. The zero-order valence-electron chi connectivity index (χ0n) is 10.2. The van der Waals surface area contributed by atoms with Crippen LogP contribution < -0.4 is 5.73 Å². The summed E-state index contributed by atoms with van der Waals surface area (Å²) in [7, 11) is 0. The summed E-state index contributed by atoms with van der Waals surface area (Å²) < 4.78 is 0. The van der Waals surface area contributed by atoms with Crippen molar-refractivity contribution >= 4 is 11.0 Å². The van der Waals surface area contributed by atoms with E-state index in [1.807, 2.05) is 0 Å². The van der Waals surface area contributed by atoms with Crippen molar-refractivity contribution in [1.29, 1.82) is 0 Å². The number of hydrogen-bond acceptors (Lipinski definition) is 2. The van der Waals surface area contributed by atoms with Gasteiger partial charge in [-0.3, -0.25) is 0 Å². The summed E-state index contributed by atoms with van der Waals surface area (Å²) in [5, 5.41) is 0. The smallest absolute Gasteiger partial charge is 0.110 e. The average molecular weight is 229 g/mol. The van der Waals surface area contributed by atoms with E-state index >= 15 is 0 Å². The molecule has 1 fully saturated rings. The van der Waals surface area contributed by atoms with Crippen LogP contribution in [-0.2, 0) is 0 Å². The second-order valence-corrected chi connectivity index (χ2v) is 5.18. The van der Waals surface area contributed by atoms with Crippen molar-refractivity contribution in [2.24, 2.45) is 11.7 Å². The lowest BCUT2D eigenvalue weighted by Crippen LogP contribution is -2.17. The number of aromatic nitrogens is 2. The third kappa shape index (κ3) is 1.84. The van der Waals surface area contributed by atoms with Crippen LogP contribution >= 0.6 is 0 Å². The van der Waals surface area contributed by atoms with E-state index in [-0.39, 0.29) is 0 Å². The Morgan fingerprint density at radius 3 is 3.12 bits per heavy atom. The third-order valence-electron chi connectivity index (χ3n) is 3.97. The molecule has 0 spiro atoms. The highest BCUT2D eigenvalue weighted by Gasteiger charge is 2.29. The van der Waals surface area contributed by atoms with Gasteiger partial charge in [0, 0.05) is 5.92 Å². The van der Waals surface area contributed by atoms with Gasteiger partial charge in [-0.05, 0) is 49.9 Å². The van der Waals surface area contributed by atoms with E-state index in [2.05, 4.69) is 30.1 Å². The molecule has 0 bridgehead atoms. The van der Waals surface area contributed by atoms with Crippen molar-refractivity contribution in [1.82, 2.24) is 9.97 Å². The molecular formula is C14H19N3. The summed E-state index contributed by atoms with van der Waals surface area (Å²) in [6, 6.07) is 6.37. The second-order valence-electron chi connectivity index (χ2n) is 5.18. The molecule has 1 aromatic carbocycles. The molecular weight excluding hydrogens is 210 g/mol. The van der Waals surface area contributed by atoms with Crippen LogP contribution in [0.3, 0.4) is 0 Å². The van der Waals surface area contributed by atoms with Crippen molar-refractivity contribution in [2.75, 3.05) is 6.54 Å². The molecule has 1 aliphatic rings. The van der Waals surface area contributed by atoms with Crippen molar-refractivity contribution in [3.63, 3.8) is 0 Å². The standard InChI is InChI=1S/C14H19N3/c1-9-5-6-12-13(7-9)17-14(16-12)11-4-2-3-10(11)8-15/h5-7,10-11H,2-4,8,15H2,1H3,(H,16,17). The maximum absolute atomic E-state index is 5.84. The van der Waals surface area contributed by atoms with E-state index in [9.17, 15) is 0 Å². The summed E-state index contributed by atoms with van der Waals surface area (Å²) >= 11 is 0. The van der Waals surface area contributed by atoms with Gasteiger partial charge in [-0.2, -0.15) is 0 Å². The van der Waals surface area contributed by atoms with Crippen molar-refractivity contribution in [2.45, 2.75) is 32.1 Å². The normalized spacial score (nSPS) is 24.6. The summed E-state index contributed by atoms with van der Waals surface area (Å²) in [5.74, 6) is 2.28. The number of aromatic amines is 1. The van der Waals surface area contributed by atoms with Gasteiger partial charge in [-0.15, -0.1) is 0 Å². The predicted molar refractivity (Wildman–Crippen MR) is 70.0 cm³/mol. The number of nitrogens with one attached hydrogen (secondary N) is 1. The Kier molecular flexibility index (Phi) is 2.63. The van der Waals surface area contributed by atoms with Gasteiger partial charge in [0.25, 0.3) is 0 Å². The molecule has 90 valence electrons. The molecule has 2 unspecified atom stereocenters. The van der Waals surface area contributed by atoms with Gasteiger partial charge in [0.2, 0.25) is 0 Å². The van der Waals surface area contributed by atoms with Crippen LogP contribution in [0, 0.1) is 12.8 Å². The number of rotatable bonds is 2. The first-order chi connectivity index (χ1) is 8.28. The predicted octanol–water partition coefficient (Wildman–Crippen LogP) is 2.71. The van der Waals surface area contributed by atoms with Gasteiger partial charge in [0.05, 0.1) is 11.0 Å². The SMILES string of the molecule is Cc1ccc2nc(C3CCCC3CN)[nH]c2c1. The number of imidazole rings is 1. The van der Waals surface area contributed by atoms with Crippen LogP contribution in [0.4, 0.5) is 0 Å². The Hall–Kier alpha value is -1.35. The number of H-pyrrole nitrogens is 1.